The molecule has 1 aliphatic heterocycles. The van der Waals surface area contributed by atoms with Crippen LogP contribution < -0.4 is 0 Å². The van der Waals surface area contributed by atoms with E-state index in [1.165, 1.54) is 12.1 Å². The van der Waals surface area contributed by atoms with Gasteiger partial charge in [0.1, 0.15) is 0 Å². The Kier molecular flexibility index (Phi) is 4.24. The number of carbonyl (C=O) groups excluding carboxylic acids is 1. The van der Waals surface area contributed by atoms with Crippen molar-refractivity contribution >= 4 is 11.9 Å². The van der Waals surface area contributed by atoms with Crippen LogP contribution in [0.25, 0.3) is 0 Å². The average molecular weight is 265 g/mol. The predicted octanol–water partition coefficient (Wildman–Crippen LogP) is 2.63. The molecular weight excluding hydrogens is 246 g/mol. The minimum Gasteiger partial charge on any atom is -0.475 e. The van der Waals surface area contributed by atoms with Crippen molar-refractivity contribution < 1.29 is 19.1 Å². The van der Waals surface area contributed by atoms with Crippen LogP contribution in [0.15, 0.2) is 16.5 Å². The molecule has 2 heterocycles. The highest BCUT2D eigenvalue weighted by Gasteiger charge is 2.23. The summed E-state index contributed by atoms with van der Waals surface area (Å²) in [5.74, 6) is -0.744. The number of rotatable bonds is 3. The highest BCUT2D eigenvalue weighted by atomic mass is 16.4. The molecular formula is C14H19NO4. The number of carboxylic acid groups (broad SMARTS) is 1. The van der Waals surface area contributed by atoms with Crippen molar-refractivity contribution in [2.75, 3.05) is 13.1 Å². The molecule has 0 spiro atoms. The Bertz CT molecular complexity index is 466. The number of hydrogen-bond donors (Lipinski definition) is 1. The fourth-order valence-corrected chi connectivity index (χ4v) is 2.50. The van der Waals surface area contributed by atoms with Gasteiger partial charge in [0.15, 0.2) is 5.76 Å². The molecule has 5 heteroatoms. The van der Waals surface area contributed by atoms with Crippen LogP contribution >= 0.6 is 0 Å². The Morgan fingerprint density at radius 2 is 2.05 bits per heavy atom. The molecule has 104 valence electrons. The van der Waals surface area contributed by atoms with Crippen LogP contribution in [-0.2, 0) is 0 Å². The van der Waals surface area contributed by atoms with E-state index in [-0.39, 0.29) is 17.4 Å². The number of furan rings is 1. The Balaban J connectivity index is 2.04. The maximum absolute atomic E-state index is 12.2. The topological polar surface area (TPSA) is 70.8 Å². The first-order chi connectivity index (χ1) is 9.11. The zero-order valence-electron chi connectivity index (χ0n) is 11.1. The van der Waals surface area contributed by atoms with Gasteiger partial charge in [0.25, 0.3) is 5.91 Å². The molecule has 1 fully saturated rings. The first kappa shape index (κ1) is 13.6. The summed E-state index contributed by atoms with van der Waals surface area (Å²) >= 11 is 0. The molecule has 1 unspecified atom stereocenters. The molecule has 2 rings (SSSR count). The van der Waals surface area contributed by atoms with Crippen LogP contribution in [-0.4, -0.2) is 35.0 Å². The van der Waals surface area contributed by atoms with E-state index in [1.54, 1.807) is 4.90 Å². The predicted molar refractivity (Wildman–Crippen MR) is 69.2 cm³/mol. The number of hydrogen-bond acceptors (Lipinski definition) is 3. The third-order valence-corrected chi connectivity index (χ3v) is 3.74. The summed E-state index contributed by atoms with van der Waals surface area (Å²) in [5, 5.41) is 8.78. The molecule has 0 bridgehead atoms. The van der Waals surface area contributed by atoms with Crippen LogP contribution in [0.5, 0.6) is 0 Å². The van der Waals surface area contributed by atoms with Gasteiger partial charge >= 0.3 is 5.97 Å². The fraction of sp³-hybridized carbons (Fsp3) is 0.571. The van der Waals surface area contributed by atoms with Crippen LogP contribution in [0.2, 0.25) is 0 Å². The SMILES string of the molecule is CCC1CCCN(C(=O)c2ccc(C(=O)O)o2)CC1. The summed E-state index contributed by atoms with van der Waals surface area (Å²) in [4.78, 5) is 24.7. The lowest BCUT2D eigenvalue weighted by Gasteiger charge is -2.19. The number of likely N-dealkylation sites (tertiary alicyclic amines) is 1. The maximum Gasteiger partial charge on any atom is 0.371 e. The third kappa shape index (κ3) is 3.16. The normalized spacial score (nSPS) is 20.1. The molecule has 1 aromatic rings. The van der Waals surface area contributed by atoms with Crippen LogP contribution in [0.4, 0.5) is 0 Å². The zero-order chi connectivity index (χ0) is 13.8. The van der Waals surface area contributed by atoms with Crippen molar-refractivity contribution in [3.63, 3.8) is 0 Å². The van der Waals surface area contributed by atoms with Gasteiger partial charge in [0.05, 0.1) is 0 Å². The lowest BCUT2D eigenvalue weighted by atomic mass is 9.98. The van der Waals surface area contributed by atoms with Gasteiger partial charge in [-0.25, -0.2) is 4.79 Å². The summed E-state index contributed by atoms with van der Waals surface area (Å²) in [7, 11) is 0. The van der Waals surface area contributed by atoms with Gasteiger partial charge in [-0.3, -0.25) is 4.79 Å². The number of amides is 1. The number of nitrogens with zero attached hydrogens (tertiary/aromatic N) is 1. The smallest absolute Gasteiger partial charge is 0.371 e. The lowest BCUT2D eigenvalue weighted by molar-refractivity contribution is 0.0650. The van der Waals surface area contributed by atoms with Gasteiger partial charge < -0.3 is 14.4 Å². The number of aromatic carboxylic acids is 1. The van der Waals surface area contributed by atoms with E-state index in [0.717, 1.165) is 38.8 Å². The van der Waals surface area contributed by atoms with Crippen molar-refractivity contribution in [1.29, 1.82) is 0 Å². The Hall–Kier alpha value is -1.78. The molecule has 0 aliphatic carbocycles. The van der Waals surface area contributed by atoms with Crippen molar-refractivity contribution in [2.45, 2.75) is 32.6 Å². The van der Waals surface area contributed by atoms with Gasteiger partial charge in [-0.05, 0) is 37.3 Å². The van der Waals surface area contributed by atoms with E-state index in [1.807, 2.05) is 0 Å². The molecule has 19 heavy (non-hydrogen) atoms. The second kappa shape index (κ2) is 5.91. The standard InChI is InChI=1S/C14H19NO4/c1-2-10-4-3-8-15(9-7-10)13(16)11-5-6-12(19-11)14(17)18/h5-6,10H,2-4,7-9H2,1H3,(H,17,18). The van der Waals surface area contributed by atoms with Gasteiger partial charge in [0, 0.05) is 13.1 Å². The summed E-state index contributed by atoms with van der Waals surface area (Å²) in [6.45, 7) is 3.62. The van der Waals surface area contributed by atoms with Crippen LogP contribution in [0.1, 0.15) is 53.7 Å². The van der Waals surface area contributed by atoms with Gasteiger partial charge in [-0.2, -0.15) is 0 Å². The number of carboxylic acids is 1. The van der Waals surface area contributed by atoms with E-state index < -0.39 is 5.97 Å². The molecule has 0 radical (unpaired) electrons. The van der Waals surface area contributed by atoms with E-state index in [4.69, 9.17) is 9.52 Å². The quantitative estimate of drug-likeness (QED) is 0.912. The van der Waals surface area contributed by atoms with Crippen molar-refractivity contribution in [1.82, 2.24) is 4.90 Å². The fourth-order valence-electron chi connectivity index (χ4n) is 2.50. The average Bonchev–Trinajstić information content (AvgIpc) is 2.77. The highest BCUT2D eigenvalue weighted by molar-refractivity contribution is 5.93. The van der Waals surface area contributed by atoms with Crippen LogP contribution in [0, 0.1) is 5.92 Å². The summed E-state index contributed by atoms with van der Waals surface area (Å²) < 4.78 is 5.06. The molecule has 0 aromatic carbocycles. The first-order valence-electron chi connectivity index (χ1n) is 6.74. The molecule has 1 amide bonds. The van der Waals surface area contributed by atoms with E-state index in [9.17, 15) is 9.59 Å². The lowest BCUT2D eigenvalue weighted by Crippen LogP contribution is -2.31. The third-order valence-electron chi connectivity index (χ3n) is 3.74. The molecule has 0 saturated carbocycles. The second-order valence-corrected chi connectivity index (χ2v) is 4.97. The maximum atomic E-state index is 12.2. The van der Waals surface area contributed by atoms with Gasteiger partial charge in [-0.1, -0.05) is 13.3 Å². The summed E-state index contributed by atoms with van der Waals surface area (Å²) in [6.07, 6.45) is 4.30. The van der Waals surface area contributed by atoms with E-state index in [0.29, 0.717) is 5.92 Å². The van der Waals surface area contributed by atoms with Gasteiger partial charge in [0.2, 0.25) is 5.76 Å². The van der Waals surface area contributed by atoms with Crippen LogP contribution in [0.3, 0.4) is 0 Å². The minimum absolute atomic E-state index is 0.118. The largest absolute Gasteiger partial charge is 0.475 e. The molecule has 1 atom stereocenters. The molecule has 1 aromatic heterocycles. The molecule has 1 saturated heterocycles. The van der Waals surface area contributed by atoms with E-state index in [2.05, 4.69) is 6.92 Å². The summed E-state index contributed by atoms with van der Waals surface area (Å²) in [5.41, 5.74) is 0. The Labute approximate surface area is 112 Å². The highest BCUT2D eigenvalue weighted by Crippen LogP contribution is 2.21. The minimum atomic E-state index is -1.15. The molecule has 5 nitrogen and oxygen atoms in total. The second-order valence-electron chi connectivity index (χ2n) is 4.97. The molecule has 1 N–H and O–H groups in total. The van der Waals surface area contributed by atoms with Crippen molar-refractivity contribution in [3.05, 3.63) is 23.7 Å². The van der Waals surface area contributed by atoms with Crippen molar-refractivity contribution in [2.24, 2.45) is 5.92 Å². The summed E-state index contributed by atoms with van der Waals surface area (Å²) in [6, 6.07) is 2.76. The molecule has 1 aliphatic rings. The zero-order valence-corrected chi connectivity index (χ0v) is 11.1. The monoisotopic (exact) mass is 265 g/mol. The number of carbonyl (C=O) groups is 2. The van der Waals surface area contributed by atoms with Gasteiger partial charge in [-0.15, -0.1) is 0 Å². The Morgan fingerprint density at radius 3 is 2.68 bits per heavy atom. The first-order valence-corrected chi connectivity index (χ1v) is 6.74. The Morgan fingerprint density at radius 1 is 1.32 bits per heavy atom. The van der Waals surface area contributed by atoms with E-state index >= 15 is 0 Å². The van der Waals surface area contributed by atoms with Crippen molar-refractivity contribution in [3.8, 4) is 0 Å².